The molecule has 0 saturated carbocycles. The van der Waals surface area contributed by atoms with E-state index in [-0.39, 0.29) is 30.1 Å². The van der Waals surface area contributed by atoms with Crippen molar-refractivity contribution >= 4 is 29.9 Å². The molecular formula is C13H25IN2O2. The minimum Gasteiger partial charge on any atom is -0.481 e. The lowest BCUT2D eigenvalue weighted by molar-refractivity contribution is -0.137. The van der Waals surface area contributed by atoms with Crippen molar-refractivity contribution < 1.29 is 9.90 Å². The van der Waals surface area contributed by atoms with Crippen molar-refractivity contribution in [1.82, 2.24) is 6.15 Å². The number of aliphatic carboxylic acids is 1. The van der Waals surface area contributed by atoms with Gasteiger partial charge >= 0.3 is 5.97 Å². The molecule has 6 N–H and O–H groups in total. The summed E-state index contributed by atoms with van der Waals surface area (Å²) in [5, 5.41) is 8.04. The van der Waals surface area contributed by atoms with Gasteiger partial charge in [-0.1, -0.05) is 43.7 Å². The highest BCUT2D eigenvalue weighted by molar-refractivity contribution is 14.0. The molecule has 0 spiro atoms. The normalized spacial score (nSPS) is 8.11. The molecular weight excluding hydrogens is 343 g/mol. The molecule has 18 heavy (non-hydrogen) atoms. The fourth-order valence-electron chi connectivity index (χ4n) is 1.14. The van der Waals surface area contributed by atoms with E-state index in [0.717, 1.165) is 25.8 Å². The van der Waals surface area contributed by atoms with E-state index >= 15 is 0 Å². The molecule has 0 aromatic heterocycles. The van der Waals surface area contributed by atoms with Gasteiger partial charge in [0.2, 0.25) is 0 Å². The van der Waals surface area contributed by atoms with Crippen LogP contribution in [-0.2, 0) is 11.2 Å². The Morgan fingerprint density at radius 2 is 1.83 bits per heavy atom. The van der Waals surface area contributed by atoms with Crippen molar-refractivity contribution in [2.75, 3.05) is 6.54 Å². The summed E-state index contributed by atoms with van der Waals surface area (Å²) in [6.07, 6.45) is 3.07. The van der Waals surface area contributed by atoms with Crippen LogP contribution in [0.1, 0.15) is 31.7 Å². The maximum Gasteiger partial charge on any atom is 0.303 e. The number of rotatable bonds is 5. The van der Waals surface area contributed by atoms with Crippen molar-refractivity contribution in [3.05, 3.63) is 35.9 Å². The fraction of sp³-hybridized carbons (Fsp3) is 0.462. The van der Waals surface area contributed by atoms with Gasteiger partial charge < -0.3 is 17.0 Å². The van der Waals surface area contributed by atoms with Crippen LogP contribution in [0.5, 0.6) is 0 Å². The Hall–Kier alpha value is -0.660. The summed E-state index contributed by atoms with van der Waals surface area (Å²) in [5.74, 6) is -0.693. The summed E-state index contributed by atoms with van der Waals surface area (Å²) in [4.78, 5) is 9.76. The van der Waals surface area contributed by atoms with E-state index in [1.807, 2.05) is 25.1 Å². The van der Waals surface area contributed by atoms with Crippen molar-refractivity contribution in [1.29, 1.82) is 0 Å². The Morgan fingerprint density at radius 3 is 2.17 bits per heavy atom. The monoisotopic (exact) mass is 368 g/mol. The summed E-state index contributed by atoms with van der Waals surface area (Å²) in [5.41, 5.74) is 6.68. The number of halogens is 1. The first-order valence-electron chi connectivity index (χ1n) is 5.66. The quantitative estimate of drug-likeness (QED) is 0.695. The topological polar surface area (TPSA) is 98.3 Å². The average molecular weight is 368 g/mol. The molecule has 1 aromatic carbocycles. The zero-order valence-corrected chi connectivity index (χ0v) is 13.3. The van der Waals surface area contributed by atoms with E-state index in [0.29, 0.717) is 6.42 Å². The Kier molecular flexibility index (Phi) is 20.4. The molecule has 0 fully saturated rings. The molecule has 0 atom stereocenters. The molecule has 0 aliphatic carbocycles. The van der Waals surface area contributed by atoms with Crippen LogP contribution in [-0.4, -0.2) is 17.6 Å². The van der Waals surface area contributed by atoms with Gasteiger partial charge in [0.25, 0.3) is 0 Å². The van der Waals surface area contributed by atoms with Gasteiger partial charge in [0.05, 0.1) is 0 Å². The second-order valence-electron chi connectivity index (χ2n) is 3.52. The van der Waals surface area contributed by atoms with E-state index in [9.17, 15) is 4.79 Å². The van der Waals surface area contributed by atoms with E-state index in [4.69, 9.17) is 10.8 Å². The molecule has 1 rings (SSSR count). The third-order valence-corrected chi connectivity index (χ3v) is 2.02. The van der Waals surface area contributed by atoms with Crippen LogP contribution in [0.3, 0.4) is 0 Å². The summed E-state index contributed by atoms with van der Waals surface area (Å²) in [6, 6.07) is 10.3. The van der Waals surface area contributed by atoms with Crippen LogP contribution in [0.2, 0.25) is 0 Å². The zero-order valence-electron chi connectivity index (χ0n) is 11.0. The van der Waals surface area contributed by atoms with Crippen molar-refractivity contribution in [2.45, 2.75) is 32.6 Å². The van der Waals surface area contributed by atoms with Gasteiger partial charge in [0, 0.05) is 6.42 Å². The summed E-state index contributed by atoms with van der Waals surface area (Å²) in [7, 11) is 0. The fourth-order valence-corrected chi connectivity index (χ4v) is 1.14. The summed E-state index contributed by atoms with van der Waals surface area (Å²) >= 11 is 0. The van der Waals surface area contributed by atoms with Crippen LogP contribution in [0, 0.1) is 0 Å². The smallest absolute Gasteiger partial charge is 0.303 e. The minimum absolute atomic E-state index is 0. The van der Waals surface area contributed by atoms with Crippen LogP contribution < -0.4 is 11.9 Å². The van der Waals surface area contributed by atoms with Crippen LogP contribution in [0.15, 0.2) is 30.3 Å². The number of unbranched alkanes of at least 4 members (excludes halogenated alkanes) is 1. The lowest BCUT2D eigenvalue weighted by Gasteiger charge is -1.93. The molecule has 4 nitrogen and oxygen atoms in total. The van der Waals surface area contributed by atoms with Gasteiger partial charge in [-0.05, 0) is 24.9 Å². The lowest BCUT2D eigenvalue weighted by atomic mass is 10.2. The molecule has 0 heterocycles. The van der Waals surface area contributed by atoms with Gasteiger partial charge in [-0.3, -0.25) is 4.79 Å². The molecule has 0 bridgehead atoms. The van der Waals surface area contributed by atoms with Crippen LogP contribution in [0.25, 0.3) is 0 Å². The predicted octanol–water partition coefficient (Wildman–Crippen LogP) is 3.23. The first kappa shape index (κ1) is 22.5. The molecule has 0 unspecified atom stereocenters. The second kappa shape index (κ2) is 16.3. The van der Waals surface area contributed by atoms with E-state index in [1.165, 1.54) is 5.56 Å². The highest BCUT2D eigenvalue weighted by atomic mass is 127. The SMILES string of the molecule is CCCCC(=O)O.I.N.NCCc1ccccc1. The molecule has 0 aliphatic heterocycles. The summed E-state index contributed by atoms with van der Waals surface area (Å²) < 4.78 is 0. The van der Waals surface area contributed by atoms with Gasteiger partial charge in [-0.15, -0.1) is 24.0 Å². The second-order valence-corrected chi connectivity index (χ2v) is 3.52. The van der Waals surface area contributed by atoms with Crippen LogP contribution >= 0.6 is 24.0 Å². The number of nitrogens with two attached hydrogens (primary N) is 1. The Morgan fingerprint density at radius 1 is 1.28 bits per heavy atom. The Balaban J connectivity index is -0.000000232. The molecule has 0 aliphatic rings. The molecule has 5 heteroatoms. The molecule has 1 aromatic rings. The highest BCUT2D eigenvalue weighted by Crippen LogP contribution is 1.96. The van der Waals surface area contributed by atoms with Gasteiger partial charge in [-0.25, -0.2) is 0 Å². The lowest BCUT2D eigenvalue weighted by Crippen LogP contribution is -2.01. The highest BCUT2D eigenvalue weighted by Gasteiger charge is 1.90. The van der Waals surface area contributed by atoms with Crippen molar-refractivity contribution in [3.63, 3.8) is 0 Å². The van der Waals surface area contributed by atoms with E-state index < -0.39 is 5.97 Å². The standard InChI is InChI=1S/C8H11N.C5H10O2.HI.H3N/c9-7-6-8-4-2-1-3-5-8;1-2-3-4-5(6)7;;/h1-5H,6-7,9H2;2-4H2,1H3,(H,6,7);1H;1H3. The Labute approximate surface area is 127 Å². The molecule has 0 amide bonds. The molecule has 0 saturated heterocycles. The predicted molar refractivity (Wildman–Crippen MR) is 86.8 cm³/mol. The number of hydrogen-bond donors (Lipinski definition) is 3. The van der Waals surface area contributed by atoms with Crippen molar-refractivity contribution in [2.24, 2.45) is 5.73 Å². The van der Waals surface area contributed by atoms with Crippen molar-refractivity contribution in [3.8, 4) is 0 Å². The van der Waals surface area contributed by atoms with Gasteiger partial charge in [0.15, 0.2) is 0 Å². The number of carboxylic acid groups (broad SMARTS) is 1. The largest absolute Gasteiger partial charge is 0.481 e. The van der Waals surface area contributed by atoms with Gasteiger partial charge in [0.1, 0.15) is 0 Å². The van der Waals surface area contributed by atoms with E-state index in [2.05, 4.69) is 12.1 Å². The third kappa shape index (κ3) is 15.3. The number of carbonyl (C=O) groups is 1. The maximum absolute atomic E-state index is 9.76. The number of hydrogen-bond acceptors (Lipinski definition) is 3. The van der Waals surface area contributed by atoms with Crippen LogP contribution in [0.4, 0.5) is 0 Å². The van der Waals surface area contributed by atoms with E-state index in [1.54, 1.807) is 0 Å². The average Bonchev–Trinajstić information content (AvgIpc) is 2.29. The van der Waals surface area contributed by atoms with Gasteiger partial charge in [-0.2, -0.15) is 0 Å². The number of benzene rings is 1. The minimum atomic E-state index is -0.693. The molecule has 0 radical (unpaired) electrons. The zero-order chi connectivity index (χ0) is 12.2. The number of carboxylic acids is 1. The third-order valence-electron chi connectivity index (χ3n) is 2.02. The molecule has 106 valence electrons. The summed E-state index contributed by atoms with van der Waals surface area (Å²) in [6.45, 7) is 2.72. The first-order valence-corrected chi connectivity index (χ1v) is 5.66. The maximum atomic E-state index is 9.76. The Bertz CT molecular complexity index is 282. The first-order chi connectivity index (χ1) is 7.70.